The molecule has 0 aromatic rings. The van der Waals surface area contributed by atoms with Gasteiger partial charge in [-0.15, -0.1) is 0 Å². The van der Waals surface area contributed by atoms with Gasteiger partial charge in [-0.25, -0.2) is 4.79 Å². The van der Waals surface area contributed by atoms with E-state index >= 15 is 0 Å². The molecule has 0 radical (unpaired) electrons. The summed E-state index contributed by atoms with van der Waals surface area (Å²) in [5.41, 5.74) is 8.03. The Balaban J connectivity index is 3.68. The van der Waals surface area contributed by atoms with Crippen LogP contribution in [0.1, 0.15) is 13.8 Å². The monoisotopic (exact) mass is 217 g/mol. The molecule has 7 heteroatoms. The smallest absolute Gasteiger partial charge is 0.432 e. The van der Waals surface area contributed by atoms with Crippen LogP contribution in [0, 0.1) is 0 Å². The average Bonchev–Trinajstić information content (AvgIpc) is 2.22. The first-order valence-corrected chi connectivity index (χ1v) is 4.47. The zero-order valence-electron chi connectivity index (χ0n) is 9.04. The Morgan fingerprint density at radius 2 is 2.13 bits per heavy atom. The Bertz CT molecular complexity index is 240. The molecular weight excluding hydrogens is 202 g/mol. The summed E-state index contributed by atoms with van der Waals surface area (Å²) in [6, 6.07) is 0. The van der Waals surface area contributed by atoms with E-state index in [2.05, 4.69) is 10.0 Å². The summed E-state index contributed by atoms with van der Waals surface area (Å²) < 4.78 is 14.4. The molecule has 15 heavy (non-hydrogen) atoms. The van der Waals surface area contributed by atoms with Gasteiger partial charge in [-0.2, -0.15) is 0 Å². The van der Waals surface area contributed by atoms with Crippen LogP contribution in [0.4, 0.5) is 4.79 Å². The fourth-order valence-electron chi connectivity index (χ4n) is 0.640. The van der Waals surface area contributed by atoms with Gasteiger partial charge >= 0.3 is 6.16 Å². The van der Waals surface area contributed by atoms with Crippen molar-refractivity contribution in [3.63, 3.8) is 0 Å². The van der Waals surface area contributed by atoms with Gasteiger partial charge in [0.2, 0.25) is 0 Å². The lowest BCUT2D eigenvalue weighted by Gasteiger charge is -2.13. The van der Waals surface area contributed by atoms with Crippen molar-refractivity contribution in [3.05, 3.63) is 10.4 Å². The van der Waals surface area contributed by atoms with Gasteiger partial charge in [0, 0.05) is 12.0 Å². The molecule has 86 valence electrons. The van der Waals surface area contributed by atoms with Crippen LogP contribution in [0.2, 0.25) is 0 Å². The quantitative estimate of drug-likeness (QED) is 0.294. The number of ether oxygens (including phenoxy) is 3. The summed E-state index contributed by atoms with van der Waals surface area (Å²) >= 11 is 0. The molecule has 0 heterocycles. The molecule has 0 aromatic heterocycles. The molecule has 0 rings (SSSR count). The second-order valence-electron chi connectivity index (χ2n) is 2.95. The van der Waals surface area contributed by atoms with Gasteiger partial charge in [0.1, 0.15) is 12.7 Å². The maximum Gasteiger partial charge on any atom is 0.508 e. The van der Waals surface area contributed by atoms with E-state index in [0.717, 1.165) is 0 Å². The van der Waals surface area contributed by atoms with E-state index in [1.54, 1.807) is 13.8 Å². The van der Waals surface area contributed by atoms with Crippen molar-refractivity contribution in [1.29, 1.82) is 0 Å². The van der Waals surface area contributed by atoms with E-state index < -0.39 is 12.3 Å². The van der Waals surface area contributed by atoms with E-state index in [9.17, 15) is 4.79 Å². The number of methoxy groups -OCH3 is 1. The maximum atomic E-state index is 11.0. The number of nitrogens with zero attached hydrogens (tertiary/aromatic N) is 3. The first-order chi connectivity index (χ1) is 7.10. The molecule has 7 nitrogen and oxygen atoms in total. The second-order valence-corrected chi connectivity index (χ2v) is 2.95. The predicted molar refractivity (Wildman–Crippen MR) is 52.4 cm³/mol. The SMILES string of the molecule is COC(C)COC(=O)OC(C)CN=[N+]=[N-]. The minimum Gasteiger partial charge on any atom is -0.432 e. The molecule has 0 aliphatic carbocycles. The summed E-state index contributed by atoms with van der Waals surface area (Å²) in [6.07, 6.45) is -1.46. The molecule has 0 saturated carbocycles. The highest BCUT2D eigenvalue weighted by Gasteiger charge is 2.11. The Morgan fingerprint density at radius 3 is 2.67 bits per heavy atom. The zero-order valence-corrected chi connectivity index (χ0v) is 9.04. The van der Waals surface area contributed by atoms with Crippen LogP contribution in [-0.4, -0.2) is 38.6 Å². The molecular formula is C8H15N3O4. The number of carbonyl (C=O) groups excluding carboxylic acids is 1. The van der Waals surface area contributed by atoms with Gasteiger partial charge in [0.05, 0.1) is 12.6 Å². The van der Waals surface area contributed by atoms with Crippen LogP contribution in [-0.2, 0) is 14.2 Å². The van der Waals surface area contributed by atoms with Crippen LogP contribution >= 0.6 is 0 Å². The first-order valence-electron chi connectivity index (χ1n) is 4.47. The van der Waals surface area contributed by atoms with Crippen molar-refractivity contribution in [3.8, 4) is 0 Å². The highest BCUT2D eigenvalue weighted by molar-refractivity contribution is 5.60. The van der Waals surface area contributed by atoms with Gasteiger partial charge in [-0.3, -0.25) is 0 Å². The average molecular weight is 217 g/mol. The maximum absolute atomic E-state index is 11.0. The molecule has 2 atom stereocenters. The summed E-state index contributed by atoms with van der Waals surface area (Å²) in [5, 5.41) is 3.26. The molecule has 0 fully saturated rings. The number of hydrogen-bond acceptors (Lipinski definition) is 5. The summed E-state index contributed by atoms with van der Waals surface area (Å²) in [6.45, 7) is 3.58. The van der Waals surface area contributed by atoms with Crippen molar-refractivity contribution < 1.29 is 19.0 Å². The lowest BCUT2D eigenvalue weighted by molar-refractivity contribution is -0.00358. The van der Waals surface area contributed by atoms with Crippen molar-refractivity contribution in [2.45, 2.75) is 26.1 Å². The fraction of sp³-hybridized carbons (Fsp3) is 0.875. The fourth-order valence-corrected chi connectivity index (χ4v) is 0.640. The molecule has 0 spiro atoms. The molecule has 0 saturated heterocycles. The van der Waals surface area contributed by atoms with E-state index in [4.69, 9.17) is 19.7 Å². The molecule has 0 N–H and O–H groups in total. The third-order valence-corrected chi connectivity index (χ3v) is 1.54. The largest absolute Gasteiger partial charge is 0.508 e. The number of carbonyl (C=O) groups is 1. The molecule has 0 amide bonds. The van der Waals surface area contributed by atoms with Crippen LogP contribution < -0.4 is 0 Å². The topological polar surface area (TPSA) is 93.5 Å². The van der Waals surface area contributed by atoms with Crippen molar-refractivity contribution in [1.82, 2.24) is 0 Å². The highest BCUT2D eigenvalue weighted by atomic mass is 16.7. The Kier molecular flexibility index (Phi) is 7.13. The Morgan fingerprint density at radius 1 is 1.47 bits per heavy atom. The molecule has 0 aliphatic rings. The van der Waals surface area contributed by atoms with E-state index in [0.29, 0.717) is 0 Å². The lowest BCUT2D eigenvalue weighted by atomic mass is 10.4. The van der Waals surface area contributed by atoms with E-state index in [-0.39, 0.29) is 19.3 Å². The molecule has 0 aliphatic heterocycles. The van der Waals surface area contributed by atoms with Crippen molar-refractivity contribution >= 4 is 6.16 Å². The number of hydrogen-bond donors (Lipinski definition) is 0. The second kappa shape index (κ2) is 7.90. The summed E-state index contributed by atoms with van der Waals surface area (Å²) in [5.74, 6) is 0. The molecule has 0 bridgehead atoms. The van der Waals surface area contributed by atoms with Crippen LogP contribution in [0.25, 0.3) is 10.4 Å². The van der Waals surface area contributed by atoms with Gasteiger partial charge in [0.15, 0.2) is 0 Å². The van der Waals surface area contributed by atoms with Crippen molar-refractivity contribution in [2.75, 3.05) is 20.3 Å². The molecule has 0 aromatic carbocycles. The van der Waals surface area contributed by atoms with Gasteiger partial charge < -0.3 is 14.2 Å². The minimum absolute atomic E-state index is 0.0887. The Hall–Kier alpha value is -1.46. The standard InChI is InChI=1S/C8H15N3O4/c1-6(4-10-11-9)15-8(12)14-5-7(2)13-3/h6-7H,4-5H2,1-3H3. The first kappa shape index (κ1) is 13.5. The van der Waals surface area contributed by atoms with E-state index in [1.165, 1.54) is 7.11 Å². The van der Waals surface area contributed by atoms with Crippen molar-refractivity contribution in [2.24, 2.45) is 5.11 Å². The normalized spacial score (nSPS) is 13.5. The highest BCUT2D eigenvalue weighted by Crippen LogP contribution is 1.97. The predicted octanol–water partition coefficient (Wildman–Crippen LogP) is 1.87. The third-order valence-electron chi connectivity index (χ3n) is 1.54. The van der Waals surface area contributed by atoms with Crippen LogP contribution in [0.15, 0.2) is 5.11 Å². The molecule has 2 unspecified atom stereocenters. The van der Waals surface area contributed by atoms with Gasteiger partial charge in [-0.1, -0.05) is 5.11 Å². The number of azide groups is 1. The van der Waals surface area contributed by atoms with Gasteiger partial charge in [-0.05, 0) is 19.4 Å². The zero-order chi connectivity index (χ0) is 11.7. The van der Waals surface area contributed by atoms with Crippen LogP contribution in [0.3, 0.4) is 0 Å². The minimum atomic E-state index is -0.792. The summed E-state index contributed by atoms with van der Waals surface area (Å²) in [7, 11) is 1.52. The Labute approximate surface area is 87.9 Å². The summed E-state index contributed by atoms with van der Waals surface area (Å²) in [4.78, 5) is 13.5. The van der Waals surface area contributed by atoms with E-state index in [1.807, 2.05) is 0 Å². The lowest BCUT2D eigenvalue weighted by Crippen LogP contribution is -2.22. The van der Waals surface area contributed by atoms with Crippen LogP contribution in [0.5, 0.6) is 0 Å². The third kappa shape index (κ3) is 7.60. The number of rotatable bonds is 6. The van der Waals surface area contributed by atoms with Gasteiger partial charge in [0.25, 0.3) is 0 Å².